The van der Waals surface area contributed by atoms with E-state index in [1.807, 2.05) is 48.7 Å². The molecule has 0 N–H and O–H groups in total. The molecule has 0 unspecified atom stereocenters. The second-order valence-corrected chi connectivity index (χ2v) is 8.35. The van der Waals surface area contributed by atoms with E-state index in [1.54, 1.807) is 11.7 Å². The van der Waals surface area contributed by atoms with E-state index >= 15 is 0 Å². The molecule has 2 aromatic heterocycles. The summed E-state index contributed by atoms with van der Waals surface area (Å²) in [5, 5.41) is 7.52. The van der Waals surface area contributed by atoms with Gasteiger partial charge in [-0.05, 0) is 55.2 Å². The second kappa shape index (κ2) is 7.63. The Hall–Kier alpha value is -3.08. The van der Waals surface area contributed by atoms with Gasteiger partial charge in [-0.25, -0.2) is 0 Å². The zero-order valence-electron chi connectivity index (χ0n) is 17.5. The first-order chi connectivity index (χ1) is 14.7. The van der Waals surface area contributed by atoms with E-state index in [1.165, 1.54) is 32.1 Å². The maximum atomic E-state index is 13.1. The van der Waals surface area contributed by atoms with E-state index in [-0.39, 0.29) is 5.56 Å². The summed E-state index contributed by atoms with van der Waals surface area (Å²) in [4.78, 5) is 13.1. The summed E-state index contributed by atoms with van der Waals surface area (Å²) in [5.41, 5.74) is 1.60. The number of hydrogen-bond acceptors (Lipinski definition) is 3. The fourth-order valence-electron chi connectivity index (χ4n) is 4.80. The summed E-state index contributed by atoms with van der Waals surface area (Å²) >= 11 is 0. The molecule has 0 amide bonds. The Bertz CT molecular complexity index is 1260. The standard InChI is InChI=1S/C25H27N3O2/c1-3-17-8-10-20(11-9-17)28-16-19-14-23(24(30-2)15-22(19)26-28)27-13-12-18-6-4-5-7-21(18)25(27)29/h4-7,12-17,20H,3,8-11H2,1-2H3/t17-,20-. The molecule has 5 nitrogen and oxygen atoms in total. The summed E-state index contributed by atoms with van der Waals surface area (Å²) in [7, 11) is 1.64. The summed E-state index contributed by atoms with van der Waals surface area (Å²) in [5.74, 6) is 1.51. The Labute approximate surface area is 175 Å². The van der Waals surface area contributed by atoms with Gasteiger partial charge in [0.1, 0.15) is 5.75 Å². The fourth-order valence-corrected chi connectivity index (χ4v) is 4.80. The maximum Gasteiger partial charge on any atom is 0.263 e. The molecule has 1 fully saturated rings. The maximum absolute atomic E-state index is 13.1. The van der Waals surface area contributed by atoms with Gasteiger partial charge < -0.3 is 4.74 Å². The van der Waals surface area contributed by atoms with Gasteiger partial charge in [0.05, 0.1) is 24.4 Å². The normalized spacial score (nSPS) is 19.4. The van der Waals surface area contributed by atoms with Crippen LogP contribution in [0.5, 0.6) is 5.75 Å². The van der Waals surface area contributed by atoms with E-state index in [4.69, 9.17) is 9.84 Å². The van der Waals surface area contributed by atoms with Crippen molar-refractivity contribution in [2.45, 2.75) is 45.1 Å². The number of fused-ring (bicyclic) bond motifs is 2. The molecule has 0 spiro atoms. The monoisotopic (exact) mass is 401 g/mol. The zero-order chi connectivity index (χ0) is 20.7. The fraction of sp³-hybridized carbons (Fsp3) is 0.360. The van der Waals surface area contributed by atoms with Crippen LogP contribution in [-0.4, -0.2) is 21.5 Å². The lowest BCUT2D eigenvalue weighted by molar-refractivity contribution is 0.257. The van der Waals surface area contributed by atoms with Crippen LogP contribution >= 0.6 is 0 Å². The van der Waals surface area contributed by atoms with Crippen LogP contribution < -0.4 is 10.3 Å². The number of benzene rings is 2. The molecule has 0 atom stereocenters. The van der Waals surface area contributed by atoms with Gasteiger partial charge >= 0.3 is 0 Å². The first-order valence-electron chi connectivity index (χ1n) is 10.9. The van der Waals surface area contributed by atoms with Gasteiger partial charge in [0.25, 0.3) is 5.56 Å². The van der Waals surface area contributed by atoms with Crippen LogP contribution in [0.2, 0.25) is 0 Å². The summed E-state index contributed by atoms with van der Waals surface area (Å²) in [6, 6.07) is 14.1. The van der Waals surface area contributed by atoms with Gasteiger partial charge in [-0.2, -0.15) is 5.10 Å². The molecule has 0 saturated heterocycles. The molecule has 1 aliphatic carbocycles. The predicted molar refractivity (Wildman–Crippen MR) is 121 cm³/mol. The van der Waals surface area contributed by atoms with Gasteiger partial charge in [0.2, 0.25) is 0 Å². The summed E-state index contributed by atoms with van der Waals surface area (Å²) in [6.45, 7) is 2.29. The zero-order valence-corrected chi connectivity index (χ0v) is 17.5. The molecular weight excluding hydrogens is 374 g/mol. The molecule has 1 saturated carbocycles. The third-order valence-electron chi connectivity index (χ3n) is 6.66. The van der Waals surface area contributed by atoms with Crippen molar-refractivity contribution in [2.24, 2.45) is 5.92 Å². The van der Waals surface area contributed by atoms with Crippen LogP contribution in [0.4, 0.5) is 0 Å². The molecule has 30 heavy (non-hydrogen) atoms. The first kappa shape index (κ1) is 18.9. The molecule has 5 heteroatoms. The van der Waals surface area contributed by atoms with Crippen molar-refractivity contribution in [1.29, 1.82) is 0 Å². The van der Waals surface area contributed by atoms with Gasteiger partial charge in [0, 0.05) is 29.2 Å². The minimum atomic E-state index is -0.0453. The average Bonchev–Trinajstić information content (AvgIpc) is 3.22. The Morgan fingerprint density at radius 1 is 1.07 bits per heavy atom. The van der Waals surface area contributed by atoms with Gasteiger partial charge in [-0.15, -0.1) is 0 Å². The number of rotatable bonds is 4. The average molecular weight is 402 g/mol. The van der Waals surface area contributed by atoms with Crippen molar-refractivity contribution >= 4 is 21.7 Å². The van der Waals surface area contributed by atoms with Crippen LogP contribution in [0, 0.1) is 5.92 Å². The lowest BCUT2D eigenvalue weighted by atomic mass is 9.85. The Kier molecular flexibility index (Phi) is 4.81. The molecule has 2 heterocycles. The van der Waals surface area contributed by atoms with E-state index < -0.39 is 0 Å². The van der Waals surface area contributed by atoms with Crippen molar-refractivity contribution in [3.63, 3.8) is 0 Å². The molecule has 0 bridgehead atoms. The molecule has 2 aromatic carbocycles. The molecule has 154 valence electrons. The van der Waals surface area contributed by atoms with Gasteiger partial charge in [0.15, 0.2) is 0 Å². The van der Waals surface area contributed by atoms with Crippen LogP contribution in [0.1, 0.15) is 45.1 Å². The van der Waals surface area contributed by atoms with E-state index in [9.17, 15) is 4.79 Å². The lowest BCUT2D eigenvalue weighted by Gasteiger charge is -2.27. The summed E-state index contributed by atoms with van der Waals surface area (Å²) in [6.07, 6.45) is 10.1. The minimum Gasteiger partial charge on any atom is -0.494 e. The van der Waals surface area contributed by atoms with Gasteiger partial charge in [-0.1, -0.05) is 31.5 Å². The Balaban J connectivity index is 1.58. The highest BCUT2D eigenvalue weighted by Gasteiger charge is 2.22. The molecule has 5 rings (SSSR count). The number of nitrogens with zero attached hydrogens (tertiary/aromatic N) is 3. The van der Waals surface area contributed by atoms with Crippen LogP contribution in [0.15, 0.2) is 59.7 Å². The minimum absolute atomic E-state index is 0.0453. The SMILES string of the molecule is CC[C@H]1CC[C@H](n2cc3cc(-n4ccc5ccccc5c4=O)c(OC)cc3n2)CC1. The van der Waals surface area contributed by atoms with Crippen LogP contribution in [0.3, 0.4) is 0 Å². The van der Waals surface area contributed by atoms with E-state index in [0.717, 1.165) is 27.9 Å². The van der Waals surface area contributed by atoms with E-state index in [2.05, 4.69) is 17.8 Å². The summed E-state index contributed by atoms with van der Waals surface area (Å²) < 4.78 is 9.45. The molecule has 4 aromatic rings. The highest BCUT2D eigenvalue weighted by molar-refractivity contribution is 5.85. The highest BCUT2D eigenvalue weighted by Crippen LogP contribution is 2.35. The third kappa shape index (κ3) is 3.18. The Morgan fingerprint density at radius 2 is 1.87 bits per heavy atom. The first-order valence-corrected chi connectivity index (χ1v) is 10.9. The molecule has 1 aliphatic rings. The number of pyridine rings is 1. The highest BCUT2D eigenvalue weighted by atomic mass is 16.5. The number of ether oxygens (including phenoxy) is 1. The number of aromatic nitrogens is 3. The molecular formula is C25H27N3O2. The number of hydrogen-bond donors (Lipinski definition) is 0. The van der Waals surface area contributed by atoms with Crippen molar-refractivity contribution in [1.82, 2.24) is 14.3 Å². The molecule has 0 radical (unpaired) electrons. The quantitative estimate of drug-likeness (QED) is 0.454. The number of methoxy groups -OCH3 is 1. The predicted octanol–water partition coefficient (Wildman–Crippen LogP) is 5.49. The van der Waals surface area contributed by atoms with Crippen LogP contribution in [-0.2, 0) is 0 Å². The second-order valence-electron chi connectivity index (χ2n) is 8.35. The van der Waals surface area contributed by atoms with Gasteiger partial charge in [-0.3, -0.25) is 14.0 Å². The molecule has 0 aliphatic heterocycles. The third-order valence-corrected chi connectivity index (χ3v) is 6.66. The topological polar surface area (TPSA) is 49.0 Å². The lowest BCUT2D eigenvalue weighted by Crippen LogP contribution is -2.18. The smallest absolute Gasteiger partial charge is 0.263 e. The Morgan fingerprint density at radius 3 is 2.63 bits per heavy atom. The largest absolute Gasteiger partial charge is 0.494 e. The van der Waals surface area contributed by atoms with Crippen molar-refractivity contribution in [3.05, 3.63) is 65.2 Å². The van der Waals surface area contributed by atoms with Crippen molar-refractivity contribution in [3.8, 4) is 11.4 Å². The van der Waals surface area contributed by atoms with Crippen molar-refractivity contribution < 1.29 is 4.74 Å². The van der Waals surface area contributed by atoms with E-state index in [0.29, 0.717) is 17.2 Å². The van der Waals surface area contributed by atoms with Crippen LogP contribution in [0.25, 0.3) is 27.4 Å². The van der Waals surface area contributed by atoms with Crippen molar-refractivity contribution in [2.75, 3.05) is 7.11 Å².